The number of nitrogens with zero attached hydrogens (tertiary/aromatic N) is 1. The van der Waals surface area contributed by atoms with Crippen LogP contribution in [-0.2, 0) is 4.74 Å². The van der Waals surface area contributed by atoms with Gasteiger partial charge in [0.15, 0.2) is 0 Å². The van der Waals surface area contributed by atoms with Gasteiger partial charge in [-0.25, -0.2) is 0 Å². The number of aromatic hydroxyl groups is 1. The normalized spacial score (nSPS) is 19.2. The standard InChI is InChI=1S/C13H16BrNO3/c1-18-8-9-4-5-15(7-9)13(17)11-3-2-10(14)6-12(11)16/h2-3,6,9,16H,4-5,7-8H2,1H3. The zero-order valence-corrected chi connectivity index (χ0v) is 11.8. The Labute approximate surface area is 115 Å². The number of hydrogen-bond acceptors (Lipinski definition) is 3. The Hall–Kier alpha value is -1.07. The van der Waals surface area contributed by atoms with E-state index >= 15 is 0 Å². The number of hydrogen-bond donors (Lipinski definition) is 1. The second-order valence-corrected chi connectivity index (χ2v) is 5.44. The molecule has 2 rings (SSSR count). The first-order valence-corrected chi connectivity index (χ1v) is 6.68. The van der Waals surface area contributed by atoms with Crippen LogP contribution in [-0.4, -0.2) is 42.7 Å². The van der Waals surface area contributed by atoms with Crippen molar-refractivity contribution in [1.29, 1.82) is 0 Å². The van der Waals surface area contributed by atoms with Crippen molar-refractivity contribution in [3.05, 3.63) is 28.2 Å². The van der Waals surface area contributed by atoms with E-state index in [1.807, 2.05) is 0 Å². The summed E-state index contributed by atoms with van der Waals surface area (Å²) in [5, 5.41) is 9.79. The maximum atomic E-state index is 12.2. The number of carbonyl (C=O) groups excluding carboxylic acids is 1. The highest BCUT2D eigenvalue weighted by molar-refractivity contribution is 9.10. The average Bonchev–Trinajstić information content (AvgIpc) is 2.77. The summed E-state index contributed by atoms with van der Waals surface area (Å²) in [6.07, 6.45) is 0.955. The molecule has 1 aliphatic rings. The number of phenols is 1. The van der Waals surface area contributed by atoms with E-state index in [2.05, 4.69) is 15.9 Å². The first-order chi connectivity index (χ1) is 8.61. The topological polar surface area (TPSA) is 49.8 Å². The molecule has 18 heavy (non-hydrogen) atoms. The molecule has 1 aromatic carbocycles. The van der Waals surface area contributed by atoms with Gasteiger partial charge in [-0.15, -0.1) is 0 Å². The van der Waals surface area contributed by atoms with E-state index in [1.165, 1.54) is 6.07 Å². The Kier molecular flexibility index (Phi) is 4.24. The van der Waals surface area contributed by atoms with Gasteiger partial charge in [0, 0.05) is 30.6 Å². The number of likely N-dealkylation sites (tertiary alicyclic amines) is 1. The van der Waals surface area contributed by atoms with Gasteiger partial charge in [0.05, 0.1) is 12.2 Å². The lowest BCUT2D eigenvalue weighted by Crippen LogP contribution is -2.29. The molecule has 0 saturated carbocycles. The number of benzene rings is 1. The fourth-order valence-electron chi connectivity index (χ4n) is 2.24. The van der Waals surface area contributed by atoms with Crippen molar-refractivity contribution in [3.63, 3.8) is 0 Å². The van der Waals surface area contributed by atoms with E-state index in [1.54, 1.807) is 24.1 Å². The average molecular weight is 314 g/mol. The molecule has 98 valence electrons. The molecule has 5 heteroatoms. The summed E-state index contributed by atoms with van der Waals surface area (Å²) in [4.78, 5) is 14.0. The van der Waals surface area contributed by atoms with Crippen LogP contribution in [0.15, 0.2) is 22.7 Å². The van der Waals surface area contributed by atoms with Crippen LogP contribution in [0.1, 0.15) is 16.8 Å². The number of amides is 1. The number of ether oxygens (including phenoxy) is 1. The van der Waals surface area contributed by atoms with E-state index in [0.29, 0.717) is 24.6 Å². The van der Waals surface area contributed by atoms with Crippen LogP contribution >= 0.6 is 15.9 Å². The smallest absolute Gasteiger partial charge is 0.257 e. The summed E-state index contributed by atoms with van der Waals surface area (Å²) in [7, 11) is 1.67. The fourth-order valence-corrected chi connectivity index (χ4v) is 2.59. The quantitative estimate of drug-likeness (QED) is 0.931. The van der Waals surface area contributed by atoms with Crippen LogP contribution in [0, 0.1) is 5.92 Å². The van der Waals surface area contributed by atoms with Crippen molar-refractivity contribution in [2.45, 2.75) is 6.42 Å². The van der Waals surface area contributed by atoms with Crippen molar-refractivity contribution >= 4 is 21.8 Å². The highest BCUT2D eigenvalue weighted by atomic mass is 79.9. The van der Waals surface area contributed by atoms with Crippen molar-refractivity contribution in [1.82, 2.24) is 4.90 Å². The molecule has 1 aromatic rings. The van der Waals surface area contributed by atoms with Gasteiger partial charge in [0.1, 0.15) is 5.75 Å². The number of phenolic OH excluding ortho intramolecular Hbond substituents is 1. The minimum absolute atomic E-state index is 0.0181. The van der Waals surface area contributed by atoms with Crippen molar-refractivity contribution in [2.24, 2.45) is 5.92 Å². The number of methoxy groups -OCH3 is 1. The minimum Gasteiger partial charge on any atom is -0.507 e. The molecule has 1 amide bonds. The van der Waals surface area contributed by atoms with Crippen molar-refractivity contribution in [3.8, 4) is 5.75 Å². The van der Waals surface area contributed by atoms with Crippen LogP contribution in [0.5, 0.6) is 5.75 Å². The second-order valence-electron chi connectivity index (χ2n) is 4.52. The summed E-state index contributed by atoms with van der Waals surface area (Å²) >= 11 is 3.26. The zero-order chi connectivity index (χ0) is 13.1. The van der Waals surface area contributed by atoms with Crippen LogP contribution in [0.25, 0.3) is 0 Å². The SMILES string of the molecule is COCC1CCN(C(=O)c2ccc(Br)cc2O)C1. The van der Waals surface area contributed by atoms with Crippen LogP contribution in [0.2, 0.25) is 0 Å². The summed E-state index contributed by atoms with van der Waals surface area (Å²) in [6.45, 7) is 2.10. The molecule has 1 aliphatic heterocycles. The molecule has 0 radical (unpaired) electrons. The molecular formula is C13H16BrNO3. The zero-order valence-electron chi connectivity index (χ0n) is 10.2. The molecule has 1 N–H and O–H groups in total. The first kappa shape index (κ1) is 13.4. The Morgan fingerprint density at radius 1 is 1.61 bits per heavy atom. The van der Waals surface area contributed by atoms with Crippen LogP contribution in [0.4, 0.5) is 0 Å². The maximum Gasteiger partial charge on any atom is 0.257 e. The van der Waals surface area contributed by atoms with Crippen LogP contribution in [0.3, 0.4) is 0 Å². The van der Waals surface area contributed by atoms with Gasteiger partial charge < -0.3 is 14.7 Å². The van der Waals surface area contributed by atoms with E-state index in [0.717, 1.165) is 17.4 Å². The number of rotatable bonds is 3. The lowest BCUT2D eigenvalue weighted by molar-refractivity contribution is 0.0772. The van der Waals surface area contributed by atoms with Gasteiger partial charge in [-0.2, -0.15) is 0 Å². The number of halogens is 1. The van der Waals surface area contributed by atoms with Gasteiger partial charge >= 0.3 is 0 Å². The third kappa shape index (κ3) is 2.84. The summed E-state index contributed by atoms with van der Waals surface area (Å²) in [5.41, 5.74) is 0.358. The molecule has 0 aromatic heterocycles. The molecule has 1 atom stereocenters. The fraction of sp³-hybridized carbons (Fsp3) is 0.462. The Morgan fingerprint density at radius 3 is 3.06 bits per heavy atom. The van der Waals surface area contributed by atoms with E-state index in [4.69, 9.17) is 4.74 Å². The largest absolute Gasteiger partial charge is 0.507 e. The minimum atomic E-state index is -0.112. The van der Waals surface area contributed by atoms with Crippen molar-refractivity contribution < 1.29 is 14.6 Å². The molecule has 1 unspecified atom stereocenters. The molecular weight excluding hydrogens is 298 g/mol. The van der Waals surface area contributed by atoms with Crippen LogP contribution < -0.4 is 0 Å². The Bertz CT molecular complexity index is 450. The van der Waals surface area contributed by atoms with E-state index < -0.39 is 0 Å². The van der Waals surface area contributed by atoms with Gasteiger partial charge in [0.2, 0.25) is 0 Å². The summed E-state index contributed by atoms with van der Waals surface area (Å²) in [5.74, 6) is 0.305. The molecule has 0 bridgehead atoms. The maximum absolute atomic E-state index is 12.2. The molecule has 4 nitrogen and oxygen atoms in total. The van der Waals surface area contributed by atoms with Gasteiger partial charge in [0.25, 0.3) is 5.91 Å². The first-order valence-electron chi connectivity index (χ1n) is 5.88. The number of carbonyl (C=O) groups is 1. The molecule has 0 spiro atoms. The summed E-state index contributed by atoms with van der Waals surface area (Å²) in [6, 6.07) is 4.94. The van der Waals surface area contributed by atoms with Gasteiger partial charge in [-0.1, -0.05) is 15.9 Å². The molecule has 1 heterocycles. The van der Waals surface area contributed by atoms with Crippen molar-refractivity contribution in [2.75, 3.05) is 26.8 Å². The monoisotopic (exact) mass is 313 g/mol. The predicted octanol–water partition coefficient (Wildman–Crippen LogP) is 2.26. The second kappa shape index (κ2) is 5.71. The van der Waals surface area contributed by atoms with Gasteiger partial charge in [-0.3, -0.25) is 4.79 Å². The molecule has 1 fully saturated rings. The lowest BCUT2D eigenvalue weighted by atomic mass is 10.1. The third-order valence-corrected chi connectivity index (χ3v) is 3.66. The summed E-state index contributed by atoms with van der Waals surface area (Å²) < 4.78 is 5.86. The van der Waals surface area contributed by atoms with E-state index in [-0.39, 0.29) is 11.7 Å². The van der Waals surface area contributed by atoms with Gasteiger partial charge in [-0.05, 0) is 24.6 Å². The van der Waals surface area contributed by atoms with E-state index in [9.17, 15) is 9.90 Å². The lowest BCUT2D eigenvalue weighted by Gasteiger charge is -2.17. The molecule has 0 aliphatic carbocycles. The highest BCUT2D eigenvalue weighted by Gasteiger charge is 2.28. The Balaban J connectivity index is 2.08. The molecule has 1 saturated heterocycles. The Morgan fingerprint density at radius 2 is 2.39 bits per heavy atom. The highest BCUT2D eigenvalue weighted by Crippen LogP contribution is 2.26. The predicted molar refractivity (Wildman–Crippen MR) is 71.7 cm³/mol. The third-order valence-electron chi connectivity index (χ3n) is 3.17.